The molecule has 0 spiro atoms. The van der Waals surface area contributed by atoms with Crippen molar-refractivity contribution in [2.75, 3.05) is 5.32 Å². The predicted octanol–water partition coefficient (Wildman–Crippen LogP) is 2.84. The molecule has 24 heavy (non-hydrogen) atoms. The number of hydrogen-bond donors (Lipinski definition) is 3. The SMILES string of the molecule is NCc1ccc(NC(=O)c2ccc3cc(/C=N\N)ccc3c2)cc1. The van der Waals surface area contributed by atoms with Crippen LogP contribution >= 0.6 is 0 Å². The third-order valence-electron chi connectivity index (χ3n) is 3.80. The molecule has 0 saturated carbocycles. The maximum Gasteiger partial charge on any atom is 0.255 e. The number of carbonyl (C=O) groups excluding carboxylic acids is 1. The Bertz CT molecular complexity index is 901. The number of fused-ring (bicyclic) bond motifs is 1. The van der Waals surface area contributed by atoms with E-state index >= 15 is 0 Å². The van der Waals surface area contributed by atoms with Crippen LogP contribution in [0, 0.1) is 0 Å². The Morgan fingerprint density at radius 2 is 1.71 bits per heavy atom. The van der Waals surface area contributed by atoms with Crippen LogP contribution in [-0.2, 0) is 6.54 Å². The highest BCUT2D eigenvalue weighted by atomic mass is 16.1. The fourth-order valence-corrected chi connectivity index (χ4v) is 2.50. The first-order chi connectivity index (χ1) is 11.7. The molecule has 0 aliphatic heterocycles. The van der Waals surface area contributed by atoms with E-state index in [1.165, 1.54) is 0 Å². The second kappa shape index (κ2) is 6.93. The Morgan fingerprint density at radius 3 is 2.42 bits per heavy atom. The van der Waals surface area contributed by atoms with Crippen LogP contribution in [0.4, 0.5) is 5.69 Å². The number of hydrogen-bond acceptors (Lipinski definition) is 4. The largest absolute Gasteiger partial charge is 0.326 e. The molecule has 0 fully saturated rings. The van der Waals surface area contributed by atoms with Crippen molar-refractivity contribution in [3.63, 3.8) is 0 Å². The summed E-state index contributed by atoms with van der Waals surface area (Å²) >= 11 is 0. The number of amides is 1. The Balaban J connectivity index is 1.82. The average molecular weight is 318 g/mol. The molecule has 0 heterocycles. The molecule has 0 aromatic heterocycles. The third kappa shape index (κ3) is 3.42. The minimum absolute atomic E-state index is 0.148. The molecule has 0 aliphatic rings. The summed E-state index contributed by atoms with van der Waals surface area (Å²) in [5.74, 6) is 5.02. The highest BCUT2D eigenvalue weighted by Gasteiger charge is 2.07. The first kappa shape index (κ1) is 15.7. The fourth-order valence-electron chi connectivity index (χ4n) is 2.50. The Hall–Kier alpha value is -3.18. The number of anilines is 1. The molecule has 5 N–H and O–H groups in total. The average Bonchev–Trinajstić information content (AvgIpc) is 2.62. The lowest BCUT2D eigenvalue weighted by atomic mass is 10.0. The van der Waals surface area contributed by atoms with Gasteiger partial charge in [-0.1, -0.05) is 30.3 Å². The smallest absolute Gasteiger partial charge is 0.255 e. The van der Waals surface area contributed by atoms with Gasteiger partial charge in [0.2, 0.25) is 0 Å². The van der Waals surface area contributed by atoms with Gasteiger partial charge in [0, 0.05) is 17.8 Å². The van der Waals surface area contributed by atoms with E-state index in [0.29, 0.717) is 12.1 Å². The van der Waals surface area contributed by atoms with Gasteiger partial charge >= 0.3 is 0 Å². The zero-order chi connectivity index (χ0) is 16.9. The second-order valence-electron chi connectivity index (χ2n) is 5.45. The van der Waals surface area contributed by atoms with Gasteiger partial charge in [-0.05, 0) is 52.2 Å². The summed E-state index contributed by atoms with van der Waals surface area (Å²) in [6, 6.07) is 18.9. The molecule has 0 aliphatic carbocycles. The van der Waals surface area contributed by atoms with Crippen molar-refractivity contribution < 1.29 is 4.79 Å². The molecule has 1 amide bonds. The summed E-state index contributed by atoms with van der Waals surface area (Å²) in [6.45, 7) is 0.482. The van der Waals surface area contributed by atoms with Crippen molar-refractivity contribution in [2.45, 2.75) is 6.54 Å². The lowest BCUT2D eigenvalue weighted by Crippen LogP contribution is -2.11. The van der Waals surface area contributed by atoms with E-state index < -0.39 is 0 Å². The van der Waals surface area contributed by atoms with Crippen molar-refractivity contribution in [3.8, 4) is 0 Å². The molecule has 0 radical (unpaired) electrons. The van der Waals surface area contributed by atoms with Gasteiger partial charge in [-0.15, -0.1) is 0 Å². The molecular weight excluding hydrogens is 300 g/mol. The highest BCUT2D eigenvalue weighted by Crippen LogP contribution is 2.19. The maximum absolute atomic E-state index is 12.4. The molecule has 0 bridgehead atoms. The summed E-state index contributed by atoms with van der Waals surface area (Å²) in [6.07, 6.45) is 1.59. The van der Waals surface area contributed by atoms with E-state index in [1.54, 1.807) is 12.3 Å². The molecule has 5 nitrogen and oxygen atoms in total. The van der Waals surface area contributed by atoms with Gasteiger partial charge in [-0.3, -0.25) is 4.79 Å². The lowest BCUT2D eigenvalue weighted by molar-refractivity contribution is 0.102. The maximum atomic E-state index is 12.4. The highest BCUT2D eigenvalue weighted by molar-refractivity contribution is 6.06. The first-order valence-electron chi connectivity index (χ1n) is 7.57. The van der Waals surface area contributed by atoms with Crippen molar-refractivity contribution in [2.24, 2.45) is 16.7 Å². The van der Waals surface area contributed by atoms with Crippen molar-refractivity contribution >= 4 is 28.6 Å². The number of hydrazone groups is 1. The van der Waals surface area contributed by atoms with E-state index in [9.17, 15) is 4.79 Å². The molecule has 120 valence electrons. The second-order valence-corrected chi connectivity index (χ2v) is 5.45. The number of carbonyl (C=O) groups is 1. The van der Waals surface area contributed by atoms with E-state index in [-0.39, 0.29) is 5.91 Å². The van der Waals surface area contributed by atoms with Crippen LogP contribution < -0.4 is 16.9 Å². The summed E-state index contributed by atoms with van der Waals surface area (Å²) in [4.78, 5) is 12.4. The van der Waals surface area contributed by atoms with E-state index in [2.05, 4.69) is 10.4 Å². The van der Waals surface area contributed by atoms with Crippen LogP contribution in [-0.4, -0.2) is 12.1 Å². The molecule has 0 unspecified atom stereocenters. The molecule has 3 rings (SSSR count). The zero-order valence-electron chi connectivity index (χ0n) is 13.1. The number of rotatable bonds is 4. The number of benzene rings is 3. The van der Waals surface area contributed by atoms with Crippen LogP contribution in [0.3, 0.4) is 0 Å². The minimum Gasteiger partial charge on any atom is -0.326 e. The quantitative estimate of drug-likeness (QED) is 0.392. The van der Waals surface area contributed by atoms with Crippen LogP contribution in [0.15, 0.2) is 65.8 Å². The van der Waals surface area contributed by atoms with E-state index in [0.717, 1.165) is 27.6 Å². The van der Waals surface area contributed by atoms with E-state index in [4.69, 9.17) is 11.6 Å². The van der Waals surface area contributed by atoms with Gasteiger partial charge in [0.15, 0.2) is 0 Å². The van der Waals surface area contributed by atoms with Crippen LogP contribution in [0.1, 0.15) is 21.5 Å². The number of nitrogens with two attached hydrogens (primary N) is 2. The van der Waals surface area contributed by atoms with Gasteiger partial charge < -0.3 is 16.9 Å². The number of nitrogens with one attached hydrogen (secondary N) is 1. The molecule has 3 aromatic rings. The lowest BCUT2D eigenvalue weighted by Gasteiger charge is -2.07. The standard InChI is InChI=1S/C19H18N4O/c20-11-13-2-7-18(8-3-13)23-19(24)17-6-5-15-9-14(12-22-21)1-4-16(15)10-17/h1-10,12H,11,20-21H2,(H,23,24)/b22-12-. The normalized spacial score (nSPS) is 11.0. The third-order valence-corrected chi connectivity index (χ3v) is 3.80. The molecule has 0 atom stereocenters. The van der Waals surface area contributed by atoms with Gasteiger partial charge in [0.05, 0.1) is 6.21 Å². The van der Waals surface area contributed by atoms with E-state index in [1.807, 2.05) is 54.6 Å². The first-order valence-corrected chi connectivity index (χ1v) is 7.57. The van der Waals surface area contributed by atoms with Crippen molar-refractivity contribution in [1.82, 2.24) is 0 Å². The van der Waals surface area contributed by atoms with Gasteiger partial charge in [-0.2, -0.15) is 5.10 Å². The summed E-state index contributed by atoms with van der Waals surface area (Å²) < 4.78 is 0. The number of nitrogens with zero attached hydrogens (tertiary/aromatic N) is 1. The van der Waals surface area contributed by atoms with Gasteiger partial charge in [0.25, 0.3) is 5.91 Å². The van der Waals surface area contributed by atoms with Crippen LogP contribution in [0.25, 0.3) is 10.8 Å². The molecule has 0 saturated heterocycles. The summed E-state index contributed by atoms with van der Waals surface area (Å²) in [5, 5.41) is 8.42. The zero-order valence-corrected chi connectivity index (χ0v) is 13.1. The Labute approximate surface area is 140 Å². The van der Waals surface area contributed by atoms with Crippen molar-refractivity contribution in [1.29, 1.82) is 0 Å². The summed E-state index contributed by atoms with van der Waals surface area (Å²) in [5.41, 5.74) is 8.86. The molecule has 3 aromatic carbocycles. The topological polar surface area (TPSA) is 93.5 Å². The fraction of sp³-hybridized carbons (Fsp3) is 0.0526. The van der Waals surface area contributed by atoms with Gasteiger partial charge in [-0.25, -0.2) is 0 Å². The Kier molecular flexibility index (Phi) is 4.54. The van der Waals surface area contributed by atoms with Crippen LogP contribution in [0.5, 0.6) is 0 Å². The minimum atomic E-state index is -0.148. The predicted molar refractivity (Wildman–Crippen MR) is 98.0 cm³/mol. The van der Waals surface area contributed by atoms with Crippen LogP contribution in [0.2, 0.25) is 0 Å². The monoisotopic (exact) mass is 318 g/mol. The molecular formula is C19H18N4O. The van der Waals surface area contributed by atoms with Crippen molar-refractivity contribution in [3.05, 3.63) is 77.4 Å². The molecule has 5 heteroatoms. The van der Waals surface area contributed by atoms with Gasteiger partial charge in [0.1, 0.15) is 0 Å². The summed E-state index contributed by atoms with van der Waals surface area (Å²) in [7, 11) is 0. The Morgan fingerprint density at radius 1 is 1.00 bits per heavy atom.